The van der Waals surface area contributed by atoms with E-state index in [1.807, 2.05) is 12.1 Å². The van der Waals surface area contributed by atoms with E-state index in [2.05, 4.69) is 21.8 Å². The number of aromatic amines is 1. The van der Waals surface area contributed by atoms with Gasteiger partial charge in [-0.2, -0.15) is 0 Å². The van der Waals surface area contributed by atoms with E-state index in [0.29, 0.717) is 27.1 Å². The Kier molecular flexibility index (Phi) is 5.52. The fraction of sp³-hybridized carbons (Fsp3) is 0.130. The van der Waals surface area contributed by atoms with Crippen LogP contribution in [0.3, 0.4) is 0 Å². The van der Waals surface area contributed by atoms with Gasteiger partial charge < -0.3 is 5.11 Å². The third kappa shape index (κ3) is 4.17. The molecule has 0 radical (unpaired) electrons. The summed E-state index contributed by atoms with van der Waals surface area (Å²) in [6.07, 6.45) is 3.97. The fourth-order valence-electron chi connectivity index (χ4n) is 3.22. The average molecular weight is 431 g/mol. The molecule has 0 amide bonds. The van der Waals surface area contributed by atoms with Crippen molar-refractivity contribution in [1.29, 1.82) is 0 Å². The van der Waals surface area contributed by atoms with Gasteiger partial charge in [0.25, 0.3) is 5.56 Å². The van der Waals surface area contributed by atoms with Gasteiger partial charge in [-0.25, -0.2) is 9.59 Å². The third-order valence-corrected chi connectivity index (χ3v) is 5.87. The van der Waals surface area contributed by atoms with Crippen molar-refractivity contribution in [2.24, 2.45) is 0 Å². The minimum atomic E-state index is -1.04. The van der Waals surface area contributed by atoms with Crippen molar-refractivity contribution in [2.75, 3.05) is 0 Å². The minimum Gasteiger partial charge on any atom is -0.478 e. The number of pyridine rings is 1. The Balaban J connectivity index is 1.67. The van der Waals surface area contributed by atoms with Crippen molar-refractivity contribution in [1.82, 2.24) is 14.5 Å². The van der Waals surface area contributed by atoms with Gasteiger partial charge in [-0.05, 0) is 48.4 Å². The van der Waals surface area contributed by atoms with Crippen LogP contribution in [0.25, 0.3) is 10.2 Å². The molecule has 0 aliphatic rings. The highest BCUT2D eigenvalue weighted by molar-refractivity contribution is 7.19. The maximum absolute atomic E-state index is 13.0. The first-order valence-corrected chi connectivity index (χ1v) is 10.2. The van der Waals surface area contributed by atoms with E-state index >= 15 is 0 Å². The number of nitrogens with one attached hydrogen (secondary N) is 1. The third-order valence-electron chi connectivity index (χ3n) is 4.90. The van der Waals surface area contributed by atoms with Crippen LogP contribution in [0.2, 0.25) is 0 Å². The highest BCUT2D eigenvalue weighted by Gasteiger charge is 2.17. The van der Waals surface area contributed by atoms with Crippen molar-refractivity contribution in [3.05, 3.63) is 97.3 Å². The molecule has 4 aromatic rings. The van der Waals surface area contributed by atoms with Crippen LogP contribution in [0.1, 0.15) is 39.3 Å². The van der Waals surface area contributed by atoms with Gasteiger partial charge in [0.1, 0.15) is 4.83 Å². The first-order chi connectivity index (χ1) is 14.9. The Morgan fingerprint density at radius 3 is 2.58 bits per heavy atom. The summed E-state index contributed by atoms with van der Waals surface area (Å²) >= 11 is 1.26. The number of rotatable bonds is 4. The summed E-state index contributed by atoms with van der Waals surface area (Å²) in [6, 6.07) is 11.0. The van der Waals surface area contributed by atoms with Crippen LogP contribution in [0.4, 0.5) is 0 Å². The quantitative estimate of drug-likeness (QED) is 0.483. The van der Waals surface area contributed by atoms with Crippen molar-refractivity contribution in [3.8, 4) is 11.8 Å². The zero-order valence-electron chi connectivity index (χ0n) is 16.5. The number of fused-ring (bicyclic) bond motifs is 1. The molecule has 1 unspecified atom stereocenters. The number of benzene rings is 1. The van der Waals surface area contributed by atoms with Crippen molar-refractivity contribution < 1.29 is 9.90 Å². The topological polar surface area (TPSA) is 105 Å². The van der Waals surface area contributed by atoms with Crippen LogP contribution in [0.15, 0.2) is 64.4 Å². The van der Waals surface area contributed by atoms with Crippen molar-refractivity contribution >= 4 is 27.5 Å². The summed E-state index contributed by atoms with van der Waals surface area (Å²) < 4.78 is 1.14. The molecule has 0 saturated heterocycles. The first-order valence-electron chi connectivity index (χ1n) is 9.43. The number of nitrogens with zero attached hydrogens (tertiary/aromatic N) is 2. The lowest BCUT2D eigenvalue weighted by atomic mass is 10.1. The molecule has 0 spiro atoms. The van der Waals surface area contributed by atoms with Gasteiger partial charge in [0.2, 0.25) is 0 Å². The molecule has 31 heavy (non-hydrogen) atoms. The number of thiophene rings is 1. The van der Waals surface area contributed by atoms with Crippen LogP contribution in [-0.4, -0.2) is 25.6 Å². The summed E-state index contributed by atoms with van der Waals surface area (Å²) in [6.45, 7) is 1.72. The molecule has 154 valence electrons. The van der Waals surface area contributed by atoms with Crippen LogP contribution in [0.5, 0.6) is 0 Å². The number of carbonyl (C=O) groups is 1. The van der Waals surface area contributed by atoms with E-state index in [1.165, 1.54) is 23.5 Å². The lowest BCUT2D eigenvalue weighted by Crippen LogP contribution is -2.37. The average Bonchev–Trinajstić information content (AvgIpc) is 3.17. The summed E-state index contributed by atoms with van der Waals surface area (Å²) in [5, 5.41) is 9.44. The Labute approximate surface area is 180 Å². The zero-order chi connectivity index (χ0) is 22.0. The Bertz CT molecular complexity index is 1440. The molecule has 0 aliphatic carbocycles. The number of carboxylic acids is 1. The Hall–Kier alpha value is -3.96. The molecule has 0 aliphatic heterocycles. The molecule has 3 heterocycles. The summed E-state index contributed by atoms with van der Waals surface area (Å²) in [7, 11) is 0. The van der Waals surface area contributed by atoms with Gasteiger partial charge in [0, 0.05) is 18.8 Å². The van der Waals surface area contributed by atoms with Crippen LogP contribution < -0.4 is 11.2 Å². The normalized spacial score (nSPS) is 11.6. The number of hydrogen-bond donors (Lipinski definition) is 2. The second-order valence-electron chi connectivity index (χ2n) is 6.90. The monoisotopic (exact) mass is 431 g/mol. The largest absolute Gasteiger partial charge is 0.478 e. The van der Waals surface area contributed by atoms with Crippen molar-refractivity contribution in [2.45, 2.75) is 19.4 Å². The smallest absolute Gasteiger partial charge is 0.335 e. The Morgan fingerprint density at radius 1 is 1.19 bits per heavy atom. The van der Waals surface area contributed by atoms with Gasteiger partial charge >= 0.3 is 11.7 Å². The zero-order valence-corrected chi connectivity index (χ0v) is 17.3. The van der Waals surface area contributed by atoms with Crippen molar-refractivity contribution in [3.63, 3.8) is 0 Å². The number of H-pyrrole nitrogens is 1. The van der Waals surface area contributed by atoms with Gasteiger partial charge in [-0.15, -0.1) is 11.3 Å². The summed E-state index contributed by atoms with van der Waals surface area (Å²) in [5.74, 6) is 5.09. The van der Waals surface area contributed by atoms with Gasteiger partial charge in [0.15, 0.2) is 0 Å². The SMILES string of the molecule is CC(c1ccc(C(=O)O)cc1)n1c(=O)[nH]c2sc(C#CCc3ccncc3)cc2c1=O. The molecule has 1 aromatic carbocycles. The van der Waals surface area contributed by atoms with E-state index in [1.54, 1.807) is 37.5 Å². The second kappa shape index (κ2) is 8.42. The molecule has 7 nitrogen and oxygen atoms in total. The van der Waals surface area contributed by atoms with Gasteiger partial charge in [-0.3, -0.25) is 19.3 Å². The highest BCUT2D eigenvalue weighted by atomic mass is 32.1. The minimum absolute atomic E-state index is 0.139. The van der Waals surface area contributed by atoms with Crippen LogP contribution in [-0.2, 0) is 6.42 Å². The molecule has 0 fully saturated rings. The Morgan fingerprint density at radius 2 is 1.90 bits per heavy atom. The number of carboxylic acid groups (broad SMARTS) is 1. The predicted octanol–water partition coefficient (Wildman–Crippen LogP) is 3.05. The standard InChI is InChI=1S/C23H17N3O4S/c1-14(16-5-7-17(8-6-16)22(28)29)26-21(27)19-13-18(31-20(19)25-23(26)30)4-2-3-15-9-11-24-12-10-15/h5-14H,3H2,1H3,(H,25,30)(H,28,29). The first kappa shape index (κ1) is 20.3. The molecular weight excluding hydrogens is 414 g/mol. The molecule has 0 saturated carbocycles. The maximum Gasteiger partial charge on any atom is 0.335 e. The molecule has 1 atom stereocenters. The molecule has 0 bridgehead atoms. The van der Waals surface area contributed by atoms with E-state index in [9.17, 15) is 14.4 Å². The molecule has 3 aromatic heterocycles. The summed E-state index contributed by atoms with van der Waals surface area (Å²) in [5.41, 5.74) is 0.907. The number of hydrogen-bond acceptors (Lipinski definition) is 5. The fourth-order valence-corrected chi connectivity index (χ4v) is 4.14. The van der Waals surface area contributed by atoms with Gasteiger partial charge in [-0.1, -0.05) is 24.0 Å². The lowest BCUT2D eigenvalue weighted by molar-refractivity contribution is 0.0697. The lowest BCUT2D eigenvalue weighted by Gasteiger charge is -2.14. The summed E-state index contributed by atoms with van der Waals surface area (Å²) in [4.78, 5) is 44.6. The molecule has 8 heteroatoms. The van der Waals surface area contributed by atoms with Crippen LogP contribution >= 0.6 is 11.3 Å². The predicted molar refractivity (Wildman–Crippen MR) is 119 cm³/mol. The molecule has 2 N–H and O–H groups in total. The van der Waals surface area contributed by atoms with E-state index in [4.69, 9.17) is 5.11 Å². The van der Waals surface area contributed by atoms with E-state index in [0.717, 1.165) is 10.1 Å². The van der Waals surface area contributed by atoms with Gasteiger partial charge in [0.05, 0.1) is 21.9 Å². The molecular formula is C23H17N3O4S. The number of aromatic nitrogens is 3. The van der Waals surface area contributed by atoms with Crippen LogP contribution in [0, 0.1) is 11.8 Å². The highest BCUT2D eigenvalue weighted by Crippen LogP contribution is 2.21. The maximum atomic E-state index is 13.0. The van der Waals surface area contributed by atoms with E-state index in [-0.39, 0.29) is 5.56 Å². The second-order valence-corrected chi connectivity index (χ2v) is 7.95. The molecule has 4 rings (SSSR count). The number of aromatic carboxylic acids is 1. The van der Waals surface area contributed by atoms with E-state index < -0.39 is 23.3 Å².